The van der Waals surface area contributed by atoms with Crippen molar-refractivity contribution in [2.45, 2.75) is 44.1 Å². The second-order valence-corrected chi connectivity index (χ2v) is 9.97. The van der Waals surface area contributed by atoms with E-state index >= 15 is 0 Å². The molecule has 2 heterocycles. The van der Waals surface area contributed by atoms with Crippen LogP contribution in [-0.2, 0) is 38.9 Å². The van der Waals surface area contributed by atoms with Gasteiger partial charge in [0, 0.05) is 21.3 Å². The van der Waals surface area contributed by atoms with Gasteiger partial charge in [0.05, 0.1) is 37.9 Å². The molecule has 2 fully saturated rings. The molecule has 170 valence electrons. The van der Waals surface area contributed by atoms with Gasteiger partial charge in [-0.3, -0.25) is 9.59 Å². The van der Waals surface area contributed by atoms with Crippen LogP contribution in [0.5, 0.6) is 0 Å². The minimum Gasteiger partial charge on any atom is -0.466 e. The average Bonchev–Trinajstić information content (AvgIpc) is 3.19. The smallest absolute Gasteiger partial charge is 0.334 e. The highest BCUT2D eigenvalue weighted by Gasteiger charge is 2.81. The van der Waals surface area contributed by atoms with Gasteiger partial charge in [0.15, 0.2) is 0 Å². The molecule has 0 unspecified atom stereocenters. The fourth-order valence-electron chi connectivity index (χ4n) is 6.25. The van der Waals surface area contributed by atoms with E-state index in [1.165, 1.54) is 18.9 Å². The Morgan fingerprint density at radius 3 is 2.56 bits per heavy atom. The van der Waals surface area contributed by atoms with Gasteiger partial charge in [-0.25, -0.2) is 4.79 Å². The van der Waals surface area contributed by atoms with E-state index in [9.17, 15) is 14.4 Å². The Bertz CT molecular complexity index is 1080. The monoisotopic (exact) mass is 458 g/mol. The number of carbonyl (C=O) groups excluding carboxylic acids is 3. The van der Waals surface area contributed by atoms with Crippen molar-refractivity contribution in [3.63, 3.8) is 0 Å². The summed E-state index contributed by atoms with van der Waals surface area (Å²) in [6.45, 7) is 5.96. The van der Waals surface area contributed by atoms with Crippen molar-refractivity contribution >= 4 is 29.7 Å². The van der Waals surface area contributed by atoms with E-state index in [0.717, 1.165) is 16.0 Å². The summed E-state index contributed by atoms with van der Waals surface area (Å²) in [5.74, 6) is -1.88. The van der Waals surface area contributed by atoms with E-state index in [4.69, 9.17) is 18.9 Å². The summed E-state index contributed by atoms with van der Waals surface area (Å²) in [4.78, 5) is 41.7. The number of aryl methyl sites for hydroxylation is 1. The zero-order chi connectivity index (χ0) is 22.9. The topological polar surface area (TPSA) is 88.1 Å². The van der Waals surface area contributed by atoms with E-state index < -0.39 is 40.3 Å². The lowest BCUT2D eigenvalue weighted by molar-refractivity contribution is -0.206. The van der Waals surface area contributed by atoms with Crippen LogP contribution in [0.3, 0.4) is 0 Å². The van der Waals surface area contributed by atoms with Crippen molar-refractivity contribution in [1.29, 1.82) is 0 Å². The van der Waals surface area contributed by atoms with Crippen molar-refractivity contribution in [1.82, 2.24) is 0 Å². The standard InChI is InChI=1S/C24H26O7S/c1-5-29-20(26)22-11-23(21(27)30-6-2)10-15(22)17(19(25)28-4)18-24(23,31-12-22)14-9-13(3)7-8-16(14)32-18/h7-9,15H,5-6,10-12H2,1-4H3/t15-,22-,23-,24-/m0/s1. The first-order valence-corrected chi connectivity index (χ1v) is 11.7. The molecule has 7 nitrogen and oxygen atoms in total. The summed E-state index contributed by atoms with van der Waals surface area (Å²) in [5.41, 5.74) is -1.15. The van der Waals surface area contributed by atoms with Gasteiger partial charge in [-0.2, -0.15) is 0 Å². The molecule has 0 radical (unpaired) electrons. The number of fused-ring (bicyclic) bond motifs is 4. The number of rotatable bonds is 5. The summed E-state index contributed by atoms with van der Waals surface area (Å²) in [5, 5.41) is 0. The van der Waals surface area contributed by atoms with Crippen molar-refractivity contribution in [2.24, 2.45) is 16.7 Å². The molecule has 5 rings (SSSR count). The molecule has 2 aliphatic heterocycles. The fraction of sp³-hybridized carbons (Fsp3) is 0.542. The maximum absolute atomic E-state index is 13.7. The van der Waals surface area contributed by atoms with Crippen LogP contribution in [0.4, 0.5) is 0 Å². The molecule has 3 bridgehead atoms. The Morgan fingerprint density at radius 1 is 1.16 bits per heavy atom. The van der Waals surface area contributed by atoms with Gasteiger partial charge in [-0.15, -0.1) is 0 Å². The minimum absolute atomic E-state index is 0.0651. The third-order valence-corrected chi connectivity index (χ3v) is 8.74. The molecule has 0 aromatic heterocycles. The van der Waals surface area contributed by atoms with Crippen molar-refractivity contribution < 1.29 is 33.3 Å². The number of carbonyl (C=O) groups is 3. The summed E-state index contributed by atoms with van der Waals surface area (Å²) in [6.07, 6.45) is 0.479. The van der Waals surface area contributed by atoms with Crippen LogP contribution in [0.1, 0.15) is 37.8 Å². The predicted octanol–water partition coefficient (Wildman–Crippen LogP) is 3.28. The number of hydrogen-bond acceptors (Lipinski definition) is 8. The second-order valence-electron chi connectivity index (χ2n) is 8.92. The number of hydrogen-bond donors (Lipinski definition) is 0. The molecular formula is C24H26O7S. The van der Waals surface area contributed by atoms with Gasteiger partial charge >= 0.3 is 17.9 Å². The maximum Gasteiger partial charge on any atom is 0.334 e. The number of esters is 3. The number of methoxy groups -OCH3 is 1. The number of benzene rings is 1. The highest BCUT2D eigenvalue weighted by molar-refractivity contribution is 8.03. The Labute approximate surface area is 190 Å². The summed E-state index contributed by atoms with van der Waals surface area (Å²) in [6, 6.07) is 6.01. The van der Waals surface area contributed by atoms with Crippen LogP contribution in [-0.4, -0.2) is 44.8 Å². The van der Waals surface area contributed by atoms with Crippen molar-refractivity contribution in [3.8, 4) is 0 Å². The average molecular weight is 459 g/mol. The normalized spacial score (nSPS) is 33.6. The lowest BCUT2D eigenvalue weighted by Crippen LogP contribution is -2.57. The molecule has 1 aromatic carbocycles. The van der Waals surface area contributed by atoms with Gasteiger partial charge in [0.1, 0.15) is 11.0 Å². The Kier molecular flexibility index (Phi) is 4.77. The van der Waals surface area contributed by atoms with Gasteiger partial charge in [0.25, 0.3) is 0 Å². The van der Waals surface area contributed by atoms with E-state index in [-0.39, 0.29) is 32.7 Å². The Hall–Kier alpha value is -2.32. The van der Waals surface area contributed by atoms with Gasteiger partial charge in [-0.05, 0) is 39.7 Å². The molecule has 0 N–H and O–H groups in total. The highest BCUT2D eigenvalue weighted by Crippen LogP contribution is 2.78. The quantitative estimate of drug-likeness (QED) is 0.491. The van der Waals surface area contributed by atoms with Crippen LogP contribution in [0.15, 0.2) is 33.6 Å². The van der Waals surface area contributed by atoms with E-state index in [2.05, 4.69) is 0 Å². The first-order chi connectivity index (χ1) is 15.3. The fourth-order valence-corrected chi connectivity index (χ4v) is 7.76. The van der Waals surface area contributed by atoms with E-state index in [1.807, 2.05) is 25.1 Å². The number of ether oxygens (including phenoxy) is 4. The minimum atomic E-state index is -1.18. The molecular weight excluding hydrogens is 432 g/mol. The summed E-state index contributed by atoms with van der Waals surface area (Å²) >= 11 is 1.43. The van der Waals surface area contributed by atoms with Crippen LogP contribution in [0, 0.1) is 23.7 Å². The molecule has 1 saturated carbocycles. The molecule has 1 saturated heterocycles. The van der Waals surface area contributed by atoms with Gasteiger partial charge in [0.2, 0.25) is 0 Å². The van der Waals surface area contributed by atoms with E-state index in [1.54, 1.807) is 13.8 Å². The first kappa shape index (κ1) is 21.5. The largest absolute Gasteiger partial charge is 0.466 e. The van der Waals surface area contributed by atoms with Crippen molar-refractivity contribution in [2.75, 3.05) is 26.9 Å². The van der Waals surface area contributed by atoms with Crippen LogP contribution < -0.4 is 0 Å². The molecule has 32 heavy (non-hydrogen) atoms. The highest BCUT2D eigenvalue weighted by atomic mass is 32.2. The molecule has 0 amide bonds. The van der Waals surface area contributed by atoms with Crippen LogP contribution in [0.2, 0.25) is 0 Å². The molecule has 4 aliphatic rings. The van der Waals surface area contributed by atoms with Crippen LogP contribution in [0.25, 0.3) is 0 Å². The Morgan fingerprint density at radius 2 is 1.88 bits per heavy atom. The maximum atomic E-state index is 13.7. The zero-order valence-corrected chi connectivity index (χ0v) is 19.4. The van der Waals surface area contributed by atoms with Gasteiger partial charge in [-0.1, -0.05) is 29.5 Å². The molecule has 8 heteroatoms. The van der Waals surface area contributed by atoms with Gasteiger partial charge < -0.3 is 18.9 Å². The SMILES string of the molecule is CCOC(=O)[C@@]12CO[C@@]34C(=C(C(=O)OC)[C@@H]1C[C@@]3(C(=O)OCC)C2)Sc1ccc(C)cc14. The molecule has 1 spiro atoms. The third-order valence-electron chi connectivity index (χ3n) is 7.45. The second kappa shape index (κ2) is 7.09. The van der Waals surface area contributed by atoms with E-state index in [0.29, 0.717) is 10.5 Å². The first-order valence-electron chi connectivity index (χ1n) is 10.9. The lowest BCUT2D eigenvalue weighted by Gasteiger charge is -2.49. The summed E-state index contributed by atoms with van der Waals surface area (Å²) < 4.78 is 22.9. The zero-order valence-electron chi connectivity index (χ0n) is 18.6. The van der Waals surface area contributed by atoms with Crippen molar-refractivity contribution in [3.05, 3.63) is 39.8 Å². The Balaban J connectivity index is 1.84. The molecule has 1 aromatic rings. The third kappa shape index (κ3) is 2.34. The predicted molar refractivity (Wildman–Crippen MR) is 115 cm³/mol. The lowest BCUT2D eigenvalue weighted by atomic mass is 9.62. The molecule has 2 aliphatic carbocycles. The molecule has 4 atom stereocenters. The number of thioether (sulfide) groups is 1. The summed E-state index contributed by atoms with van der Waals surface area (Å²) in [7, 11) is 1.33. The van der Waals surface area contributed by atoms with Crippen LogP contribution >= 0.6 is 11.8 Å².